The first-order valence-corrected chi connectivity index (χ1v) is 9.81. The summed E-state index contributed by atoms with van der Waals surface area (Å²) in [4.78, 5) is 26.0. The molecular formula is C19H23NO5S2. The molecule has 1 heterocycles. The molecule has 8 heteroatoms. The molecule has 1 unspecified atom stereocenters. The topological polar surface area (TPSA) is 76.1 Å². The SMILES string of the molecule is CCOc1ccc(C=C2SC(=S)N(C(CC(C)C)C(=O)O)C2=O)cc1OC. The number of aliphatic carboxylic acids is 1. The van der Waals surface area contributed by atoms with Gasteiger partial charge in [-0.15, -0.1) is 0 Å². The van der Waals surface area contributed by atoms with Crippen LogP contribution in [0.25, 0.3) is 6.08 Å². The van der Waals surface area contributed by atoms with Crippen molar-refractivity contribution in [3.8, 4) is 11.5 Å². The number of carboxylic acid groups (broad SMARTS) is 1. The number of methoxy groups -OCH3 is 1. The molecule has 0 saturated carbocycles. The van der Waals surface area contributed by atoms with Gasteiger partial charge in [0.15, 0.2) is 11.5 Å². The van der Waals surface area contributed by atoms with Crippen LogP contribution in [0.2, 0.25) is 0 Å². The van der Waals surface area contributed by atoms with Crippen molar-refractivity contribution in [1.29, 1.82) is 0 Å². The summed E-state index contributed by atoms with van der Waals surface area (Å²) in [6.07, 6.45) is 2.03. The number of thiocarbonyl (C=S) groups is 1. The zero-order valence-corrected chi connectivity index (χ0v) is 17.4. The van der Waals surface area contributed by atoms with Crippen molar-refractivity contribution in [2.75, 3.05) is 13.7 Å². The van der Waals surface area contributed by atoms with Gasteiger partial charge in [0, 0.05) is 0 Å². The van der Waals surface area contributed by atoms with Crippen LogP contribution in [-0.4, -0.2) is 46.0 Å². The van der Waals surface area contributed by atoms with Gasteiger partial charge in [0.25, 0.3) is 5.91 Å². The number of hydrogen-bond acceptors (Lipinski definition) is 6. The minimum atomic E-state index is -1.05. The van der Waals surface area contributed by atoms with Crippen LogP contribution in [0.15, 0.2) is 23.1 Å². The molecule has 1 N–H and O–H groups in total. The van der Waals surface area contributed by atoms with E-state index in [1.54, 1.807) is 25.3 Å². The molecule has 0 bridgehead atoms. The van der Waals surface area contributed by atoms with E-state index in [4.69, 9.17) is 21.7 Å². The Labute approximate surface area is 168 Å². The molecule has 0 radical (unpaired) electrons. The standard InChI is InChI=1S/C19H23NO5S2/c1-5-25-14-7-6-12(9-15(14)24-4)10-16-17(21)20(19(26)27-16)13(18(22)23)8-11(2)3/h6-7,9-11,13H,5,8H2,1-4H3,(H,22,23). The Balaban J connectivity index is 2.31. The fourth-order valence-corrected chi connectivity index (χ4v) is 4.07. The van der Waals surface area contributed by atoms with E-state index in [1.165, 1.54) is 4.90 Å². The van der Waals surface area contributed by atoms with Crippen LogP contribution in [-0.2, 0) is 9.59 Å². The summed E-state index contributed by atoms with van der Waals surface area (Å²) in [5.41, 5.74) is 0.742. The van der Waals surface area contributed by atoms with E-state index < -0.39 is 12.0 Å². The lowest BCUT2D eigenvalue weighted by molar-refractivity contribution is -0.145. The quantitative estimate of drug-likeness (QED) is 0.517. The van der Waals surface area contributed by atoms with E-state index in [0.717, 1.165) is 17.3 Å². The Morgan fingerprint density at radius 1 is 1.37 bits per heavy atom. The van der Waals surface area contributed by atoms with Crippen LogP contribution < -0.4 is 9.47 Å². The van der Waals surface area contributed by atoms with Crippen LogP contribution in [0.4, 0.5) is 0 Å². The van der Waals surface area contributed by atoms with E-state index in [2.05, 4.69) is 0 Å². The number of ether oxygens (including phenoxy) is 2. The maximum atomic E-state index is 12.8. The Kier molecular flexibility index (Phi) is 7.26. The van der Waals surface area contributed by atoms with Gasteiger partial charge < -0.3 is 14.6 Å². The predicted octanol–water partition coefficient (Wildman–Crippen LogP) is 3.79. The third-order valence-electron chi connectivity index (χ3n) is 3.90. The van der Waals surface area contributed by atoms with Gasteiger partial charge in [-0.1, -0.05) is 43.9 Å². The molecule has 6 nitrogen and oxygen atoms in total. The summed E-state index contributed by atoms with van der Waals surface area (Å²) in [5, 5.41) is 9.53. The van der Waals surface area contributed by atoms with Gasteiger partial charge in [-0.2, -0.15) is 0 Å². The Morgan fingerprint density at radius 2 is 2.07 bits per heavy atom. The number of carboxylic acids is 1. The van der Waals surface area contributed by atoms with Crippen molar-refractivity contribution in [1.82, 2.24) is 4.90 Å². The van der Waals surface area contributed by atoms with Crippen LogP contribution in [0.1, 0.15) is 32.8 Å². The van der Waals surface area contributed by atoms with Crippen molar-refractivity contribution in [3.63, 3.8) is 0 Å². The Bertz CT molecular complexity index is 775. The van der Waals surface area contributed by atoms with E-state index in [9.17, 15) is 14.7 Å². The number of amides is 1. The molecule has 0 aliphatic carbocycles. The highest BCUT2D eigenvalue weighted by Gasteiger charge is 2.40. The van der Waals surface area contributed by atoms with E-state index in [-0.39, 0.29) is 16.1 Å². The molecule has 1 fully saturated rings. The third-order valence-corrected chi connectivity index (χ3v) is 5.23. The van der Waals surface area contributed by atoms with Gasteiger partial charge >= 0.3 is 5.97 Å². The summed E-state index contributed by atoms with van der Waals surface area (Å²) in [6.45, 7) is 6.22. The van der Waals surface area contributed by atoms with Crippen molar-refractivity contribution in [3.05, 3.63) is 28.7 Å². The van der Waals surface area contributed by atoms with E-state index >= 15 is 0 Å². The number of thioether (sulfide) groups is 1. The molecule has 1 aliphatic rings. The molecule has 1 saturated heterocycles. The van der Waals surface area contributed by atoms with Gasteiger partial charge in [-0.25, -0.2) is 4.79 Å². The highest BCUT2D eigenvalue weighted by atomic mass is 32.2. The maximum Gasteiger partial charge on any atom is 0.326 e. The normalized spacial score (nSPS) is 16.9. The zero-order valence-electron chi connectivity index (χ0n) is 15.7. The lowest BCUT2D eigenvalue weighted by Gasteiger charge is -2.24. The van der Waals surface area contributed by atoms with E-state index in [1.807, 2.05) is 26.8 Å². The first-order chi connectivity index (χ1) is 12.8. The predicted molar refractivity (Wildman–Crippen MR) is 110 cm³/mol. The zero-order chi connectivity index (χ0) is 20.1. The molecule has 1 aromatic rings. The number of carbonyl (C=O) groups excluding carboxylic acids is 1. The number of nitrogens with zero attached hydrogens (tertiary/aromatic N) is 1. The van der Waals surface area contributed by atoms with Crippen molar-refractivity contribution in [2.45, 2.75) is 33.2 Å². The average molecular weight is 410 g/mol. The second-order valence-corrected chi connectivity index (χ2v) is 8.05. The minimum Gasteiger partial charge on any atom is -0.493 e. The van der Waals surface area contributed by atoms with Crippen LogP contribution in [0.5, 0.6) is 11.5 Å². The lowest BCUT2D eigenvalue weighted by atomic mass is 10.0. The molecule has 1 aliphatic heterocycles. The Hall–Kier alpha value is -2.06. The smallest absolute Gasteiger partial charge is 0.326 e. The number of carbonyl (C=O) groups is 2. The fourth-order valence-electron chi connectivity index (χ4n) is 2.71. The monoisotopic (exact) mass is 409 g/mol. The largest absolute Gasteiger partial charge is 0.493 e. The van der Waals surface area contributed by atoms with Crippen LogP contribution in [0, 0.1) is 5.92 Å². The molecular weight excluding hydrogens is 386 g/mol. The molecule has 0 aromatic heterocycles. The number of benzene rings is 1. The fraction of sp³-hybridized carbons (Fsp3) is 0.421. The highest BCUT2D eigenvalue weighted by Crippen LogP contribution is 2.36. The maximum absolute atomic E-state index is 12.8. The second kappa shape index (κ2) is 9.23. The number of hydrogen-bond donors (Lipinski definition) is 1. The highest BCUT2D eigenvalue weighted by molar-refractivity contribution is 8.26. The van der Waals surface area contributed by atoms with Gasteiger partial charge in [0.05, 0.1) is 18.6 Å². The van der Waals surface area contributed by atoms with Crippen molar-refractivity contribution < 1.29 is 24.2 Å². The van der Waals surface area contributed by atoms with Crippen molar-refractivity contribution in [2.24, 2.45) is 5.92 Å². The van der Waals surface area contributed by atoms with E-state index in [0.29, 0.717) is 29.4 Å². The number of rotatable bonds is 8. The first-order valence-electron chi connectivity index (χ1n) is 8.59. The molecule has 27 heavy (non-hydrogen) atoms. The molecule has 0 spiro atoms. The van der Waals surface area contributed by atoms with Gasteiger partial charge in [0.1, 0.15) is 10.4 Å². The second-order valence-electron chi connectivity index (χ2n) is 6.38. The molecule has 1 atom stereocenters. The summed E-state index contributed by atoms with van der Waals surface area (Å²) in [7, 11) is 1.55. The third kappa shape index (κ3) is 5.01. The molecule has 2 rings (SSSR count). The lowest BCUT2D eigenvalue weighted by Crippen LogP contribution is -2.44. The van der Waals surface area contributed by atoms with Crippen LogP contribution in [0.3, 0.4) is 0 Å². The molecule has 1 amide bonds. The average Bonchev–Trinajstić information content (AvgIpc) is 2.87. The summed E-state index contributed by atoms with van der Waals surface area (Å²) in [5.74, 6) is -0.137. The summed E-state index contributed by atoms with van der Waals surface area (Å²) < 4.78 is 11.1. The van der Waals surface area contributed by atoms with Gasteiger partial charge in [0.2, 0.25) is 0 Å². The van der Waals surface area contributed by atoms with Gasteiger partial charge in [-0.05, 0) is 43.0 Å². The van der Waals surface area contributed by atoms with Crippen LogP contribution >= 0.6 is 24.0 Å². The molecule has 146 valence electrons. The minimum absolute atomic E-state index is 0.120. The summed E-state index contributed by atoms with van der Waals surface area (Å²) in [6, 6.07) is 4.38. The first kappa shape index (κ1) is 21.2. The van der Waals surface area contributed by atoms with Crippen molar-refractivity contribution >= 4 is 46.3 Å². The molecule has 1 aromatic carbocycles. The van der Waals surface area contributed by atoms with Gasteiger partial charge in [-0.3, -0.25) is 9.69 Å². The Morgan fingerprint density at radius 3 is 2.63 bits per heavy atom. The summed E-state index contributed by atoms with van der Waals surface area (Å²) >= 11 is 6.39.